The lowest BCUT2D eigenvalue weighted by molar-refractivity contribution is 0.416. The summed E-state index contributed by atoms with van der Waals surface area (Å²) in [5.41, 5.74) is 2.46. The monoisotopic (exact) mass is 333 g/mol. The summed E-state index contributed by atoms with van der Waals surface area (Å²) in [5.74, 6) is 0.877. The van der Waals surface area contributed by atoms with Crippen molar-refractivity contribution in [2.24, 2.45) is 0 Å². The number of anilines is 1. The maximum Gasteiger partial charge on any atom is 0.143 e. The van der Waals surface area contributed by atoms with Crippen LogP contribution in [0.15, 0.2) is 53.0 Å². The standard InChI is InChI=1S/C17H20BrNO/c1-20-17-13-15(18)10-11-16(17)19-12-6-5-9-14-7-3-2-4-8-14/h2-4,7-8,10-11,13,19H,5-6,9,12H2,1H3. The number of nitrogens with one attached hydrogen (secondary N) is 1. The predicted molar refractivity (Wildman–Crippen MR) is 88.6 cm³/mol. The Hall–Kier alpha value is -1.48. The molecule has 20 heavy (non-hydrogen) atoms. The Morgan fingerprint density at radius 2 is 1.85 bits per heavy atom. The Morgan fingerprint density at radius 1 is 1.05 bits per heavy atom. The molecule has 0 amide bonds. The van der Waals surface area contributed by atoms with Gasteiger partial charge in [0.05, 0.1) is 12.8 Å². The Labute approximate surface area is 129 Å². The van der Waals surface area contributed by atoms with E-state index in [1.165, 1.54) is 12.0 Å². The highest BCUT2D eigenvalue weighted by Gasteiger charge is 2.02. The molecule has 0 fully saturated rings. The largest absolute Gasteiger partial charge is 0.495 e. The van der Waals surface area contributed by atoms with Crippen LogP contribution in [0.1, 0.15) is 18.4 Å². The van der Waals surface area contributed by atoms with Gasteiger partial charge in [-0.05, 0) is 43.0 Å². The lowest BCUT2D eigenvalue weighted by Gasteiger charge is -2.11. The lowest BCUT2D eigenvalue weighted by Crippen LogP contribution is -2.03. The highest BCUT2D eigenvalue weighted by atomic mass is 79.9. The van der Waals surface area contributed by atoms with Crippen molar-refractivity contribution in [2.45, 2.75) is 19.3 Å². The SMILES string of the molecule is COc1cc(Br)ccc1NCCCCc1ccccc1. The quantitative estimate of drug-likeness (QED) is 0.728. The van der Waals surface area contributed by atoms with E-state index in [0.29, 0.717) is 0 Å². The number of hydrogen-bond acceptors (Lipinski definition) is 2. The molecule has 106 valence electrons. The molecule has 2 aromatic carbocycles. The second-order valence-corrected chi connectivity index (χ2v) is 5.63. The van der Waals surface area contributed by atoms with Gasteiger partial charge in [0.2, 0.25) is 0 Å². The number of halogens is 1. The molecular weight excluding hydrogens is 314 g/mol. The smallest absolute Gasteiger partial charge is 0.143 e. The molecule has 0 aliphatic rings. The zero-order valence-corrected chi connectivity index (χ0v) is 13.3. The van der Waals surface area contributed by atoms with E-state index in [9.17, 15) is 0 Å². The van der Waals surface area contributed by atoms with Gasteiger partial charge in [0.1, 0.15) is 5.75 Å². The highest BCUT2D eigenvalue weighted by Crippen LogP contribution is 2.27. The topological polar surface area (TPSA) is 21.3 Å². The average molecular weight is 334 g/mol. The molecule has 2 aromatic rings. The fraction of sp³-hybridized carbons (Fsp3) is 0.294. The van der Waals surface area contributed by atoms with Gasteiger partial charge in [0, 0.05) is 11.0 Å². The van der Waals surface area contributed by atoms with E-state index < -0.39 is 0 Å². The molecule has 0 aliphatic heterocycles. The summed E-state index contributed by atoms with van der Waals surface area (Å²) >= 11 is 3.45. The Bertz CT molecular complexity index is 528. The van der Waals surface area contributed by atoms with E-state index >= 15 is 0 Å². The first kappa shape index (κ1) is 14.9. The molecule has 0 aromatic heterocycles. The fourth-order valence-electron chi connectivity index (χ4n) is 2.13. The van der Waals surface area contributed by atoms with Crippen molar-refractivity contribution in [3.63, 3.8) is 0 Å². The van der Waals surface area contributed by atoms with Gasteiger partial charge in [-0.1, -0.05) is 46.3 Å². The normalized spacial score (nSPS) is 10.3. The lowest BCUT2D eigenvalue weighted by atomic mass is 10.1. The molecule has 0 heterocycles. The van der Waals surface area contributed by atoms with Crippen molar-refractivity contribution >= 4 is 21.6 Å². The number of ether oxygens (including phenoxy) is 1. The van der Waals surface area contributed by atoms with E-state index in [0.717, 1.165) is 35.3 Å². The second kappa shape index (κ2) is 7.95. The zero-order chi connectivity index (χ0) is 14.2. The molecular formula is C17H20BrNO. The second-order valence-electron chi connectivity index (χ2n) is 4.71. The zero-order valence-electron chi connectivity index (χ0n) is 11.7. The van der Waals surface area contributed by atoms with Gasteiger partial charge in [0.15, 0.2) is 0 Å². The van der Waals surface area contributed by atoms with Crippen LogP contribution in [0.3, 0.4) is 0 Å². The third-order valence-corrected chi connectivity index (χ3v) is 3.71. The van der Waals surface area contributed by atoms with Crippen molar-refractivity contribution < 1.29 is 4.74 Å². The van der Waals surface area contributed by atoms with Crippen LogP contribution in [0, 0.1) is 0 Å². The van der Waals surface area contributed by atoms with Gasteiger partial charge in [-0.2, -0.15) is 0 Å². The molecule has 0 saturated heterocycles. The number of methoxy groups -OCH3 is 1. The van der Waals surface area contributed by atoms with Crippen LogP contribution in [0.4, 0.5) is 5.69 Å². The molecule has 0 atom stereocenters. The van der Waals surface area contributed by atoms with E-state index in [-0.39, 0.29) is 0 Å². The van der Waals surface area contributed by atoms with Crippen molar-refractivity contribution in [3.05, 3.63) is 58.6 Å². The van der Waals surface area contributed by atoms with Crippen molar-refractivity contribution in [2.75, 3.05) is 19.0 Å². The molecule has 0 aliphatic carbocycles. The average Bonchev–Trinajstić information content (AvgIpc) is 2.49. The van der Waals surface area contributed by atoms with Crippen LogP contribution >= 0.6 is 15.9 Å². The Morgan fingerprint density at radius 3 is 2.60 bits per heavy atom. The fourth-order valence-corrected chi connectivity index (χ4v) is 2.47. The number of hydrogen-bond donors (Lipinski definition) is 1. The van der Waals surface area contributed by atoms with E-state index in [1.54, 1.807) is 7.11 Å². The summed E-state index contributed by atoms with van der Waals surface area (Å²) in [6.45, 7) is 0.963. The molecule has 0 unspecified atom stereocenters. The molecule has 0 saturated carbocycles. The number of aryl methyl sites for hydroxylation is 1. The van der Waals surface area contributed by atoms with E-state index in [1.807, 2.05) is 18.2 Å². The van der Waals surface area contributed by atoms with Gasteiger partial charge in [-0.15, -0.1) is 0 Å². The first-order valence-corrected chi connectivity index (χ1v) is 7.70. The Balaban J connectivity index is 1.73. The van der Waals surface area contributed by atoms with Gasteiger partial charge >= 0.3 is 0 Å². The first-order chi connectivity index (χ1) is 9.79. The third-order valence-electron chi connectivity index (χ3n) is 3.21. The molecule has 0 spiro atoms. The number of rotatable bonds is 7. The maximum atomic E-state index is 5.36. The minimum absolute atomic E-state index is 0.877. The van der Waals surface area contributed by atoms with E-state index in [4.69, 9.17) is 4.74 Å². The van der Waals surface area contributed by atoms with Crippen LogP contribution in [0.5, 0.6) is 5.75 Å². The summed E-state index contributed by atoms with van der Waals surface area (Å²) in [6, 6.07) is 16.7. The predicted octanol–water partition coefficient (Wildman–Crippen LogP) is 4.89. The van der Waals surface area contributed by atoms with Crippen molar-refractivity contribution in [1.82, 2.24) is 0 Å². The van der Waals surface area contributed by atoms with Crippen LogP contribution < -0.4 is 10.1 Å². The summed E-state index contributed by atoms with van der Waals surface area (Å²) < 4.78 is 6.39. The van der Waals surface area contributed by atoms with E-state index in [2.05, 4.69) is 51.6 Å². The molecule has 1 N–H and O–H groups in total. The van der Waals surface area contributed by atoms with Gasteiger partial charge in [-0.25, -0.2) is 0 Å². The van der Waals surface area contributed by atoms with Crippen LogP contribution in [-0.2, 0) is 6.42 Å². The maximum absolute atomic E-state index is 5.36. The van der Waals surface area contributed by atoms with Gasteiger partial charge in [0.25, 0.3) is 0 Å². The minimum Gasteiger partial charge on any atom is -0.495 e. The number of benzene rings is 2. The summed E-state index contributed by atoms with van der Waals surface area (Å²) in [7, 11) is 1.70. The third kappa shape index (κ3) is 4.57. The molecule has 0 bridgehead atoms. The highest BCUT2D eigenvalue weighted by molar-refractivity contribution is 9.10. The van der Waals surface area contributed by atoms with Gasteiger partial charge in [-0.3, -0.25) is 0 Å². The van der Waals surface area contributed by atoms with Crippen LogP contribution in [0.25, 0.3) is 0 Å². The van der Waals surface area contributed by atoms with Crippen LogP contribution in [0.2, 0.25) is 0 Å². The molecule has 2 nitrogen and oxygen atoms in total. The van der Waals surface area contributed by atoms with Gasteiger partial charge < -0.3 is 10.1 Å². The van der Waals surface area contributed by atoms with Crippen LogP contribution in [-0.4, -0.2) is 13.7 Å². The summed E-state index contributed by atoms with van der Waals surface area (Å²) in [5, 5.41) is 3.43. The van der Waals surface area contributed by atoms with Crippen molar-refractivity contribution in [3.8, 4) is 5.75 Å². The summed E-state index contributed by atoms with van der Waals surface area (Å²) in [6.07, 6.45) is 3.48. The Kier molecular flexibility index (Phi) is 5.93. The summed E-state index contributed by atoms with van der Waals surface area (Å²) in [4.78, 5) is 0. The minimum atomic E-state index is 0.877. The first-order valence-electron chi connectivity index (χ1n) is 6.91. The number of unbranched alkanes of at least 4 members (excludes halogenated alkanes) is 1. The van der Waals surface area contributed by atoms with Crippen molar-refractivity contribution in [1.29, 1.82) is 0 Å². The molecule has 2 rings (SSSR count). The molecule has 0 radical (unpaired) electrons. The molecule has 3 heteroatoms.